The van der Waals surface area contributed by atoms with E-state index in [0.717, 1.165) is 32.5 Å². The van der Waals surface area contributed by atoms with E-state index in [1.165, 1.54) is 11.5 Å². The minimum absolute atomic E-state index is 0.0641. The maximum absolute atomic E-state index is 12.4. The van der Waals surface area contributed by atoms with Gasteiger partial charge in [0.1, 0.15) is 0 Å². The summed E-state index contributed by atoms with van der Waals surface area (Å²) in [6, 6.07) is 27.4. The van der Waals surface area contributed by atoms with Gasteiger partial charge in [-0.15, -0.1) is 0 Å². The summed E-state index contributed by atoms with van der Waals surface area (Å²) in [4.78, 5) is 36.6. The van der Waals surface area contributed by atoms with Crippen molar-refractivity contribution < 1.29 is 14.4 Å². The van der Waals surface area contributed by atoms with Crippen LogP contribution in [0.1, 0.15) is 47.8 Å². The van der Waals surface area contributed by atoms with E-state index in [1.807, 2.05) is 42.5 Å². The second kappa shape index (κ2) is 7.43. The Hall–Kier alpha value is -4.22. The number of nitrogens with zero attached hydrogens (tertiary/aromatic N) is 1. The minimum Gasteiger partial charge on any atom is -0.289 e. The van der Waals surface area contributed by atoms with Gasteiger partial charge in [-0.3, -0.25) is 14.4 Å². The van der Waals surface area contributed by atoms with Crippen molar-refractivity contribution in [2.24, 2.45) is 0 Å². The number of hydrogen-bond acceptors (Lipinski definition) is 5. The van der Waals surface area contributed by atoms with E-state index in [2.05, 4.69) is 4.37 Å². The molecule has 0 radical (unpaired) electrons. The van der Waals surface area contributed by atoms with Gasteiger partial charge in [-0.1, -0.05) is 84.9 Å². The Morgan fingerprint density at radius 2 is 0.848 bits per heavy atom. The summed E-state index contributed by atoms with van der Waals surface area (Å²) in [5.74, 6) is -0.0181. The van der Waals surface area contributed by atoms with E-state index < -0.39 is 0 Å². The van der Waals surface area contributed by atoms with Crippen LogP contribution in [-0.4, -0.2) is 21.7 Å². The average Bonchev–Trinajstić information content (AvgIpc) is 3.31. The second-order valence-corrected chi connectivity index (χ2v) is 8.64. The molecule has 2 aliphatic rings. The molecule has 0 saturated carbocycles. The van der Waals surface area contributed by atoms with Crippen LogP contribution in [0.25, 0.3) is 21.3 Å². The van der Waals surface area contributed by atoms with Gasteiger partial charge in [0.15, 0.2) is 17.3 Å². The molecule has 5 aromatic rings. The minimum atomic E-state index is -0.0641. The molecule has 1 aromatic heterocycles. The van der Waals surface area contributed by atoms with E-state index in [0.29, 0.717) is 22.3 Å². The van der Waals surface area contributed by atoms with Gasteiger partial charge in [0.25, 0.3) is 0 Å². The fourth-order valence-electron chi connectivity index (χ4n) is 4.45. The number of hydrogen-bond donors (Lipinski definition) is 0. The summed E-state index contributed by atoms with van der Waals surface area (Å²) >= 11 is 1.46. The maximum atomic E-state index is 12.4. The van der Waals surface area contributed by atoms with Crippen molar-refractivity contribution in [1.29, 1.82) is 0 Å². The summed E-state index contributed by atoms with van der Waals surface area (Å²) in [5, 5.41) is 1.02. The second-order valence-electron chi connectivity index (χ2n) is 7.83. The maximum Gasteiger partial charge on any atom is 0.194 e. The first-order chi connectivity index (χ1) is 16.1. The Kier molecular flexibility index (Phi) is 4.38. The largest absolute Gasteiger partial charge is 0.289 e. The summed E-state index contributed by atoms with van der Waals surface area (Å²) in [5.41, 5.74) is 5.48. The van der Waals surface area contributed by atoms with Gasteiger partial charge >= 0.3 is 0 Å². The van der Waals surface area contributed by atoms with Crippen LogP contribution in [0.3, 0.4) is 0 Å². The van der Waals surface area contributed by atoms with Gasteiger partial charge in [-0.25, -0.2) is 0 Å². The van der Waals surface area contributed by atoms with Crippen molar-refractivity contribution in [3.63, 3.8) is 0 Å². The predicted octanol–water partition coefficient (Wildman–Crippen LogP) is 5.97. The summed E-state index contributed by atoms with van der Waals surface area (Å²) in [6.07, 6.45) is 0. The molecule has 0 atom stereocenters. The third kappa shape index (κ3) is 2.90. The molecule has 156 valence electrons. The van der Waals surface area contributed by atoms with E-state index in [4.69, 9.17) is 0 Å². The third-order valence-electron chi connectivity index (χ3n) is 6.00. The quantitative estimate of drug-likeness (QED) is 0.289. The summed E-state index contributed by atoms with van der Waals surface area (Å²) in [6.45, 7) is 0. The molecule has 5 heteroatoms. The number of benzene rings is 4. The number of carbonyl (C=O) groups is 3. The lowest BCUT2D eigenvalue weighted by Crippen LogP contribution is -2.20. The smallest absolute Gasteiger partial charge is 0.194 e. The molecule has 0 fully saturated rings. The molecule has 0 unspecified atom stereocenters. The van der Waals surface area contributed by atoms with Gasteiger partial charge in [-0.2, -0.15) is 4.37 Å². The summed E-state index contributed by atoms with van der Waals surface area (Å²) in [7, 11) is 0. The van der Waals surface area contributed by atoms with Gasteiger partial charge in [0, 0.05) is 44.3 Å². The van der Waals surface area contributed by atoms with E-state index in [-0.39, 0.29) is 17.3 Å². The molecule has 2 aliphatic carbocycles. The Labute approximate surface area is 193 Å². The van der Waals surface area contributed by atoms with E-state index in [1.54, 1.807) is 48.5 Å². The van der Waals surface area contributed by atoms with Crippen LogP contribution in [-0.2, 0) is 0 Å². The van der Waals surface area contributed by atoms with Gasteiger partial charge in [-0.05, 0) is 17.6 Å². The van der Waals surface area contributed by atoms with Gasteiger partial charge in [0.05, 0.1) is 10.4 Å². The highest BCUT2D eigenvalue weighted by molar-refractivity contribution is 7.13. The zero-order valence-corrected chi connectivity index (χ0v) is 18.1. The number of aromatic nitrogens is 1. The Morgan fingerprint density at radius 1 is 0.455 bits per heavy atom. The number of ketones is 3. The molecule has 0 amide bonds. The molecule has 0 spiro atoms. The first-order valence-corrected chi connectivity index (χ1v) is 11.2. The van der Waals surface area contributed by atoms with Gasteiger partial charge < -0.3 is 0 Å². The zero-order valence-electron chi connectivity index (χ0n) is 17.2. The topological polar surface area (TPSA) is 64.1 Å². The van der Waals surface area contributed by atoms with Crippen LogP contribution in [0.15, 0.2) is 91.0 Å². The van der Waals surface area contributed by atoms with Crippen LogP contribution in [0.5, 0.6) is 0 Å². The molecule has 0 saturated heterocycles. The normalized spacial score (nSPS) is 13.0. The fourth-order valence-corrected chi connectivity index (χ4v) is 5.26. The standard InChI is InChI=1S/C14H7NOS.C14H8O2/c16-14-9-5-2-1-4-8(9)13-12-10(14)6-3-7-11(12)17-15-13;15-13-9-5-1-2-6-10(9)14(16)12-8-4-3-7-11(12)13/h1-7H;1-8H. The van der Waals surface area contributed by atoms with E-state index >= 15 is 0 Å². The van der Waals surface area contributed by atoms with Crippen molar-refractivity contribution in [3.8, 4) is 11.3 Å². The monoisotopic (exact) mass is 445 g/mol. The molecule has 0 aliphatic heterocycles. The highest BCUT2D eigenvalue weighted by Crippen LogP contribution is 2.40. The van der Waals surface area contributed by atoms with Crippen LogP contribution in [0.4, 0.5) is 0 Å². The van der Waals surface area contributed by atoms with Crippen molar-refractivity contribution >= 4 is 39.0 Å². The number of rotatable bonds is 0. The molecular weight excluding hydrogens is 430 g/mol. The lowest BCUT2D eigenvalue weighted by atomic mass is 9.84. The molecule has 0 N–H and O–H groups in total. The molecule has 4 nitrogen and oxygen atoms in total. The number of fused-ring (bicyclic) bond motifs is 4. The first-order valence-electron chi connectivity index (χ1n) is 10.4. The predicted molar refractivity (Wildman–Crippen MR) is 128 cm³/mol. The highest BCUT2D eigenvalue weighted by atomic mass is 32.1. The molecular formula is C28H15NO3S. The van der Waals surface area contributed by atoms with Crippen LogP contribution >= 0.6 is 11.5 Å². The van der Waals surface area contributed by atoms with Crippen LogP contribution < -0.4 is 0 Å². The van der Waals surface area contributed by atoms with Crippen LogP contribution in [0, 0.1) is 0 Å². The van der Waals surface area contributed by atoms with Crippen molar-refractivity contribution in [2.45, 2.75) is 0 Å². The van der Waals surface area contributed by atoms with Gasteiger partial charge in [0.2, 0.25) is 0 Å². The van der Waals surface area contributed by atoms with Crippen LogP contribution in [0.2, 0.25) is 0 Å². The van der Waals surface area contributed by atoms with Crippen molar-refractivity contribution in [3.05, 3.63) is 124 Å². The molecule has 7 rings (SSSR count). The third-order valence-corrected chi connectivity index (χ3v) is 6.81. The summed E-state index contributed by atoms with van der Waals surface area (Å²) < 4.78 is 5.57. The average molecular weight is 445 g/mol. The highest BCUT2D eigenvalue weighted by Gasteiger charge is 2.28. The van der Waals surface area contributed by atoms with Crippen molar-refractivity contribution in [1.82, 2.24) is 4.37 Å². The van der Waals surface area contributed by atoms with E-state index in [9.17, 15) is 14.4 Å². The lowest BCUT2D eigenvalue weighted by molar-refractivity contribution is 0.0979. The van der Waals surface area contributed by atoms with Crippen molar-refractivity contribution in [2.75, 3.05) is 0 Å². The Balaban J connectivity index is 0.000000125. The SMILES string of the molecule is O=C1c2ccccc2-c2nsc3cccc1c23.O=C1c2ccccc2C(=O)c2ccccc21. The number of carbonyl (C=O) groups excluding carboxylic acids is 3. The fraction of sp³-hybridized carbons (Fsp3) is 0. The molecule has 4 aromatic carbocycles. The Morgan fingerprint density at radius 3 is 1.36 bits per heavy atom. The first kappa shape index (κ1) is 19.5. The molecule has 33 heavy (non-hydrogen) atoms. The lowest BCUT2D eigenvalue weighted by Gasteiger charge is -2.16. The zero-order chi connectivity index (χ0) is 22.5. The molecule has 1 heterocycles. The Bertz CT molecular complexity index is 1520. The molecule has 0 bridgehead atoms.